The van der Waals surface area contributed by atoms with E-state index >= 15 is 0 Å². The van der Waals surface area contributed by atoms with Crippen molar-refractivity contribution in [2.24, 2.45) is 0 Å². The Kier molecular flexibility index (Phi) is 17.4. The van der Waals surface area contributed by atoms with Crippen LogP contribution < -0.4 is 31.9 Å². The molecule has 9 atom stereocenters. The summed E-state index contributed by atoms with van der Waals surface area (Å²) in [6, 6.07) is 2.04. The number of benzene rings is 1. The monoisotopic (exact) mass is 1070 g/mol. The van der Waals surface area contributed by atoms with Crippen LogP contribution in [0, 0.1) is 10.1 Å². The zero-order valence-electron chi connectivity index (χ0n) is 37.4. The molecule has 2 fully saturated rings. The summed E-state index contributed by atoms with van der Waals surface area (Å²) < 4.78 is 75.6. The number of nitrogens with zero attached hydrogens (tertiary/aromatic N) is 7. The number of alkyl carbamates (subject to hydrolysis) is 1. The van der Waals surface area contributed by atoms with E-state index < -0.39 is 113 Å². The molecule has 1 amide bonds. The Hall–Kier alpha value is -5.21. The van der Waals surface area contributed by atoms with Crippen molar-refractivity contribution in [1.82, 2.24) is 34.4 Å². The number of hydrogen-bond acceptors (Lipinski definition) is 25. The van der Waals surface area contributed by atoms with Gasteiger partial charge in [0, 0.05) is 23.1 Å². The Balaban J connectivity index is 1.23. The van der Waals surface area contributed by atoms with Gasteiger partial charge in [0.05, 0.1) is 50.3 Å². The Bertz CT molecular complexity index is 2710. The molecule has 30 nitrogen and oxygen atoms in total. The van der Waals surface area contributed by atoms with Crippen LogP contribution in [0.4, 0.5) is 22.1 Å². The fourth-order valence-electron chi connectivity index (χ4n) is 6.79. The lowest BCUT2D eigenvalue weighted by atomic mass is 10.1. The van der Waals surface area contributed by atoms with E-state index in [0.29, 0.717) is 0 Å². The Labute approximate surface area is 403 Å². The number of carbonyl (C=O) groups is 2. The zero-order valence-corrected chi connectivity index (χ0v) is 40.9. The number of nitrogen functional groups attached to an aromatic ring is 2. The number of carbonyl (C=O) groups excluding carboxylic acids is 2. The van der Waals surface area contributed by atoms with Crippen LogP contribution in [0.5, 0.6) is 11.5 Å². The molecule has 0 aliphatic carbocycles. The number of aliphatic hydroxyl groups excluding tert-OH is 1. The van der Waals surface area contributed by atoms with Gasteiger partial charge < -0.3 is 65.0 Å². The number of nitrogens with one attached hydrogen (secondary N) is 1. The molecule has 34 heteroatoms. The molecule has 2 aliphatic rings. The van der Waals surface area contributed by atoms with Crippen LogP contribution in [0.3, 0.4) is 0 Å². The zero-order chi connectivity index (χ0) is 51.3. The maximum Gasteiger partial charge on any atom is 0.472 e. The number of aliphatic hydroxyl groups is 1. The van der Waals surface area contributed by atoms with Crippen molar-refractivity contribution in [2.45, 2.75) is 87.6 Å². The molecule has 70 heavy (non-hydrogen) atoms. The van der Waals surface area contributed by atoms with Gasteiger partial charge >= 0.3 is 33.4 Å². The van der Waals surface area contributed by atoms with E-state index in [2.05, 4.69) is 29.8 Å². The van der Waals surface area contributed by atoms with Gasteiger partial charge in [-0.05, 0) is 12.1 Å². The van der Waals surface area contributed by atoms with E-state index in [1.807, 2.05) is 20.8 Å². The molecule has 5 heterocycles. The summed E-state index contributed by atoms with van der Waals surface area (Å²) >= 11 is 0. The molecular formula is C36H48N10O20P2S2. The highest BCUT2D eigenvalue weighted by atomic mass is 33.1. The fraction of sp³-hybridized carbons (Fsp3) is 0.528. The molecule has 0 spiro atoms. The number of nitro groups is 1. The number of phosphoric ester groups is 2. The van der Waals surface area contributed by atoms with Crippen LogP contribution in [0.25, 0.3) is 11.2 Å². The average molecular weight is 1070 g/mol. The topological polar surface area (TPSA) is 418 Å². The Morgan fingerprint density at radius 3 is 2.40 bits per heavy atom. The van der Waals surface area contributed by atoms with Crippen molar-refractivity contribution in [3.05, 3.63) is 63.2 Å². The first kappa shape index (κ1) is 54.1. The second-order valence-corrected chi connectivity index (χ2v) is 21.8. The van der Waals surface area contributed by atoms with Gasteiger partial charge in [0.15, 0.2) is 35.3 Å². The van der Waals surface area contributed by atoms with Gasteiger partial charge in [0.25, 0.3) is 5.69 Å². The number of methoxy groups -OCH3 is 2. The molecule has 6 rings (SSSR count). The number of fused-ring (bicyclic) bond motifs is 1. The van der Waals surface area contributed by atoms with Crippen molar-refractivity contribution in [3.8, 4) is 11.5 Å². The van der Waals surface area contributed by atoms with Gasteiger partial charge in [-0.1, -0.05) is 42.4 Å². The SMILES string of the molecule is COc1cc(COC(=O)N[C@@H](CSSC(C)(C)C)C(=O)O[C@H]2[C@@H](O)[C@H](n3cnc4c(N)ncnc43)O[C@@H]2COP(=O)(O)O[C@H]2C[C@H](n3ccc(N)nc3=O)O[C@@H]2COP(=O)(O)O)c([N+](=O)[O-])cc1OC. The maximum atomic E-state index is 14.1. The maximum absolute atomic E-state index is 14.1. The minimum Gasteiger partial charge on any atom is -0.493 e. The normalized spacial score (nSPS) is 22.8. The molecular weight excluding hydrogens is 1020 g/mol. The summed E-state index contributed by atoms with van der Waals surface area (Å²) in [6.07, 6.45) is -9.12. The van der Waals surface area contributed by atoms with Crippen LogP contribution in [0.1, 0.15) is 45.2 Å². The van der Waals surface area contributed by atoms with E-state index in [1.165, 1.54) is 54.2 Å². The largest absolute Gasteiger partial charge is 0.493 e. The number of hydrogen-bond donors (Lipinski definition) is 7. The predicted molar refractivity (Wildman–Crippen MR) is 243 cm³/mol. The second kappa shape index (κ2) is 22.5. The second-order valence-electron chi connectivity index (χ2n) is 16.0. The standard InChI is InChI=1S/C36H48N10O20P2S2/c1-36(2,3)70-69-14-18(42-35(50)60-11-17-8-20(58-4)21(59-5)9-19(17)46(51)52)33(48)65-29-24(64-32(28(29)47)45-16-41-27-30(38)39-15-40-31(27)45)13-62-68(56,57)66-22-10-26(44-7-6-25(37)43-34(44)49)63-23(22)12-61-67(53,54)55/h6-9,15-16,18,22-24,26,28-29,32,47H,10-14H2,1-5H3,(H,42,50)(H,56,57)(H2,37,43,49)(H2,38,39,40)(H2,53,54,55)/t18-,22-,23+,24+,26+,28+,29+,32+/m0/s1. The minimum atomic E-state index is -5.31. The van der Waals surface area contributed by atoms with Crippen LogP contribution in [0.15, 0.2) is 41.8 Å². The van der Waals surface area contributed by atoms with Crippen LogP contribution in [0.2, 0.25) is 0 Å². The number of amides is 1. The highest BCUT2D eigenvalue weighted by Crippen LogP contribution is 2.50. The van der Waals surface area contributed by atoms with Crippen LogP contribution in [-0.2, 0) is 53.1 Å². The fourth-order valence-corrected chi connectivity index (χ4v) is 10.5. The van der Waals surface area contributed by atoms with Gasteiger partial charge in [-0.2, -0.15) is 4.98 Å². The van der Waals surface area contributed by atoms with Gasteiger partial charge in [-0.3, -0.25) is 32.8 Å². The average Bonchev–Trinajstić information content (AvgIpc) is 3.97. The van der Waals surface area contributed by atoms with Crippen molar-refractivity contribution in [3.63, 3.8) is 0 Å². The molecule has 0 bridgehead atoms. The van der Waals surface area contributed by atoms with E-state index in [0.717, 1.165) is 27.8 Å². The molecule has 2 saturated heterocycles. The van der Waals surface area contributed by atoms with Crippen LogP contribution >= 0.6 is 37.2 Å². The third-order valence-corrected chi connectivity index (χ3v) is 14.8. The van der Waals surface area contributed by atoms with Crippen molar-refractivity contribution < 1.29 is 85.4 Å². The lowest BCUT2D eigenvalue weighted by Gasteiger charge is -2.26. The number of nitro benzene ring substituents is 1. The van der Waals surface area contributed by atoms with Crippen LogP contribution in [-0.4, -0.2) is 140 Å². The first-order valence-electron chi connectivity index (χ1n) is 20.3. The Morgan fingerprint density at radius 2 is 1.74 bits per heavy atom. The number of esters is 1. The first-order valence-corrected chi connectivity index (χ1v) is 25.7. The predicted octanol–water partition coefficient (Wildman–Crippen LogP) is 1.72. The third-order valence-electron chi connectivity index (χ3n) is 9.90. The summed E-state index contributed by atoms with van der Waals surface area (Å²) in [4.78, 5) is 96.7. The summed E-state index contributed by atoms with van der Waals surface area (Å²) in [5, 5.41) is 26.0. The molecule has 3 aromatic heterocycles. The number of nitrogens with two attached hydrogens (primary N) is 2. The summed E-state index contributed by atoms with van der Waals surface area (Å²) in [6.45, 7) is 3.15. The van der Waals surface area contributed by atoms with Gasteiger partial charge in [0.1, 0.15) is 61.0 Å². The van der Waals surface area contributed by atoms with E-state index in [1.54, 1.807) is 0 Å². The smallest absolute Gasteiger partial charge is 0.472 e. The van der Waals surface area contributed by atoms with E-state index in [-0.39, 0.29) is 56.8 Å². The number of anilines is 2. The molecule has 384 valence electrons. The number of ether oxygens (including phenoxy) is 6. The Morgan fingerprint density at radius 1 is 1.04 bits per heavy atom. The third kappa shape index (κ3) is 13.8. The molecule has 4 aromatic rings. The quantitative estimate of drug-likeness (QED) is 0.0205. The van der Waals surface area contributed by atoms with Crippen molar-refractivity contribution in [2.75, 3.05) is 44.7 Å². The summed E-state index contributed by atoms with van der Waals surface area (Å²) in [5.41, 5.74) is 10.3. The van der Waals surface area contributed by atoms with Gasteiger partial charge in [0.2, 0.25) is 0 Å². The lowest BCUT2D eigenvalue weighted by molar-refractivity contribution is -0.385. The molecule has 9 N–H and O–H groups in total. The lowest BCUT2D eigenvalue weighted by Crippen LogP contribution is -2.48. The number of phosphoric acid groups is 2. The molecule has 1 unspecified atom stereocenters. The molecule has 0 saturated carbocycles. The summed E-state index contributed by atoms with van der Waals surface area (Å²) in [5.74, 6) is -1.36. The van der Waals surface area contributed by atoms with Crippen molar-refractivity contribution >= 4 is 77.8 Å². The van der Waals surface area contributed by atoms with E-state index in [9.17, 15) is 53.4 Å². The minimum absolute atomic E-state index is 0.0372. The molecule has 2 aliphatic heterocycles. The molecule has 1 aromatic carbocycles. The van der Waals surface area contributed by atoms with Gasteiger partial charge in [-0.15, -0.1) is 0 Å². The molecule has 0 radical (unpaired) electrons. The number of aromatic nitrogens is 6. The number of imidazole rings is 1. The highest BCUT2D eigenvalue weighted by molar-refractivity contribution is 8.77. The number of rotatable bonds is 21. The van der Waals surface area contributed by atoms with E-state index in [4.69, 9.17) is 48.9 Å². The highest BCUT2D eigenvalue weighted by Gasteiger charge is 2.50. The summed E-state index contributed by atoms with van der Waals surface area (Å²) in [7, 11) is -5.36. The first-order chi connectivity index (χ1) is 32.9. The van der Waals surface area contributed by atoms with Gasteiger partial charge in [-0.25, -0.2) is 38.5 Å². The van der Waals surface area contributed by atoms with Crippen molar-refractivity contribution in [1.29, 1.82) is 0 Å².